The molecule has 1 aromatic rings. The summed E-state index contributed by atoms with van der Waals surface area (Å²) < 4.78 is 28.0. The predicted octanol–water partition coefficient (Wildman–Crippen LogP) is 1.37. The van der Waals surface area contributed by atoms with Crippen molar-refractivity contribution in [3.8, 4) is 0 Å². The average molecular weight is 402 g/mol. The Morgan fingerprint density at radius 3 is 2.78 bits per heavy atom. The summed E-state index contributed by atoms with van der Waals surface area (Å²) in [5.41, 5.74) is 0. The Kier molecular flexibility index (Phi) is 4.45. The third-order valence-electron chi connectivity index (χ3n) is 3.09. The Hall–Kier alpha value is 0.01000. The molecule has 0 amide bonds. The fourth-order valence-electron chi connectivity index (χ4n) is 2.12. The summed E-state index contributed by atoms with van der Waals surface area (Å²) in [6.07, 6.45) is 1.91. The summed E-state index contributed by atoms with van der Waals surface area (Å²) in [7, 11) is -1.92. The van der Waals surface area contributed by atoms with Crippen molar-refractivity contribution in [1.82, 2.24) is 19.3 Å². The molecule has 0 bridgehead atoms. The second-order valence-corrected chi connectivity index (χ2v) is 7.70. The highest BCUT2D eigenvalue weighted by Gasteiger charge is 2.35. The summed E-state index contributed by atoms with van der Waals surface area (Å²) in [5, 5.41) is 8.47. The maximum atomic E-state index is 12.5. The maximum Gasteiger partial charge on any atom is 0.263 e. The van der Waals surface area contributed by atoms with Gasteiger partial charge in [-0.05, 0) is 34.7 Å². The molecule has 0 aromatic carbocycles. The first kappa shape index (κ1) is 14.4. The Bertz CT molecular complexity index is 511. The summed E-state index contributed by atoms with van der Waals surface area (Å²) >= 11 is 6.53. The fourth-order valence-corrected chi connectivity index (χ4v) is 5.33. The summed E-state index contributed by atoms with van der Waals surface area (Å²) in [5.74, 6) is 0.430. The van der Waals surface area contributed by atoms with Gasteiger partial charge in [-0.2, -0.15) is 4.31 Å². The van der Waals surface area contributed by atoms with E-state index in [1.54, 1.807) is 7.05 Å². The first-order valence-electron chi connectivity index (χ1n) is 5.58. The summed E-state index contributed by atoms with van der Waals surface area (Å²) in [6.45, 7) is 1.14. The third kappa shape index (κ3) is 2.63. The van der Waals surface area contributed by atoms with Crippen molar-refractivity contribution >= 4 is 41.9 Å². The van der Waals surface area contributed by atoms with Gasteiger partial charge in [0, 0.05) is 25.5 Å². The lowest BCUT2D eigenvalue weighted by Gasteiger charge is -2.16. The molecule has 0 saturated carbocycles. The number of hydrogen-bond acceptors (Lipinski definition) is 4. The van der Waals surface area contributed by atoms with Gasteiger partial charge in [-0.1, -0.05) is 21.1 Å². The van der Waals surface area contributed by atoms with Crippen LogP contribution in [0.3, 0.4) is 0 Å². The van der Waals surface area contributed by atoms with E-state index in [2.05, 4.69) is 42.2 Å². The van der Waals surface area contributed by atoms with Crippen LogP contribution in [-0.2, 0) is 17.1 Å². The van der Waals surface area contributed by atoms with E-state index in [9.17, 15) is 8.42 Å². The molecule has 0 N–H and O–H groups in total. The van der Waals surface area contributed by atoms with E-state index in [0.29, 0.717) is 19.0 Å². The van der Waals surface area contributed by atoms with E-state index in [4.69, 9.17) is 0 Å². The van der Waals surface area contributed by atoms with Gasteiger partial charge in [0.15, 0.2) is 4.60 Å². The zero-order valence-electron chi connectivity index (χ0n) is 9.88. The number of hydrogen-bond donors (Lipinski definition) is 0. The lowest BCUT2D eigenvalue weighted by molar-refractivity contribution is 0.446. The zero-order chi connectivity index (χ0) is 13.3. The quantitative estimate of drug-likeness (QED) is 0.714. The van der Waals surface area contributed by atoms with Crippen LogP contribution in [0.4, 0.5) is 0 Å². The number of aryl methyl sites for hydroxylation is 1. The van der Waals surface area contributed by atoms with Gasteiger partial charge in [-0.3, -0.25) is 0 Å². The highest BCUT2D eigenvalue weighted by molar-refractivity contribution is 9.10. The smallest absolute Gasteiger partial charge is 0.235 e. The number of sulfonamides is 1. The van der Waals surface area contributed by atoms with E-state index in [1.807, 2.05) is 0 Å². The van der Waals surface area contributed by atoms with Crippen molar-refractivity contribution in [3.05, 3.63) is 4.60 Å². The van der Waals surface area contributed by atoms with Crippen LogP contribution in [-0.4, -0.2) is 46.1 Å². The van der Waals surface area contributed by atoms with Crippen LogP contribution in [0.15, 0.2) is 9.63 Å². The number of rotatable bonds is 4. The van der Waals surface area contributed by atoms with Crippen LogP contribution < -0.4 is 0 Å². The Morgan fingerprint density at radius 2 is 2.22 bits per heavy atom. The number of halogens is 2. The lowest BCUT2D eigenvalue weighted by atomic mass is 10.1. The van der Waals surface area contributed by atoms with Crippen molar-refractivity contribution in [1.29, 1.82) is 0 Å². The van der Waals surface area contributed by atoms with Crippen LogP contribution in [0.1, 0.15) is 12.8 Å². The van der Waals surface area contributed by atoms with Crippen molar-refractivity contribution in [2.45, 2.75) is 17.9 Å². The van der Waals surface area contributed by atoms with Crippen LogP contribution in [0.2, 0.25) is 0 Å². The number of nitrogens with zero attached hydrogens (tertiary/aromatic N) is 4. The Morgan fingerprint density at radius 1 is 1.50 bits per heavy atom. The topological polar surface area (TPSA) is 68.1 Å². The van der Waals surface area contributed by atoms with E-state index in [0.717, 1.165) is 18.2 Å². The van der Waals surface area contributed by atoms with E-state index >= 15 is 0 Å². The second kappa shape index (κ2) is 5.56. The molecule has 2 rings (SSSR count). The fraction of sp³-hybridized carbons (Fsp3) is 0.778. The van der Waals surface area contributed by atoms with Gasteiger partial charge in [0.05, 0.1) is 0 Å². The minimum atomic E-state index is -3.50. The van der Waals surface area contributed by atoms with Crippen molar-refractivity contribution < 1.29 is 8.42 Å². The molecular weight excluding hydrogens is 388 g/mol. The molecule has 1 fully saturated rings. The first-order valence-corrected chi connectivity index (χ1v) is 8.93. The van der Waals surface area contributed by atoms with Crippen LogP contribution in [0.25, 0.3) is 0 Å². The van der Waals surface area contributed by atoms with E-state index < -0.39 is 10.0 Å². The van der Waals surface area contributed by atoms with Crippen LogP contribution in [0, 0.1) is 5.92 Å². The van der Waals surface area contributed by atoms with E-state index in [-0.39, 0.29) is 9.63 Å². The first-order chi connectivity index (χ1) is 8.46. The molecular formula is C9H14Br2N4O2S. The van der Waals surface area contributed by atoms with Gasteiger partial charge >= 0.3 is 0 Å². The number of alkyl halides is 1. The molecule has 1 saturated heterocycles. The molecule has 1 aliphatic heterocycles. The molecule has 1 aromatic heterocycles. The standard InChI is InChI=1S/C9H14Br2N4O2S/c1-14-9(8(11)12-13-14)18(16,17)15-5-3-7(6-15)2-4-10/h7H,2-6H2,1H3. The predicted molar refractivity (Wildman–Crippen MR) is 74.0 cm³/mol. The summed E-state index contributed by atoms with van der Waals surface area (Å²) in [6, 6.07) is 0. The molecule has 0 radical (unpaired) electrons. The van der Waals surface area contributed by atoms with Crippen molar-refractivity contribution in [2.24, 2.45) is 13.0 Å². The SMILES string of the molecule is Cn1nnc(Br)c1S(=O)(=O)N1CCC(CCBr)C1. The van der Waals surface area contributed by atoms with Gasteiger partial charge in [-0.25, -0.2) is 13.1 Å². The van der Waals surface area contributed by atoms with E-state index in [1.165, 1.54) is 8.99 Å². The maximum absolute atomic E-state index is 12.5. The molecule has 0 spiro atoms. The van der Waals surface area contributed by atoms with Crippen LogP contribution in [0.5, 0.6) is 0 Å². The van der Waals surface area contributed by atoms with Gasteiger partial charge in [0.1, 0.15) is 0 Å². The molecule has 2 heterocycles. The largest absolute Gasteiger partial charge is 0.263 e. The molecule has 1 aliphatic rings. The molecule has 0 aliphatic carbocycles. The molecule has 102 valence electrons. The average Bonchev–Trinajstić information content (AvgIpc) is 2.87. The normalized spacial score (nSPS) is 21.6. The van der Waals surface area contributed by atoms with Crippen molar-refractivity contribution in [2.75, 3.05) is 18.4 Å². The molecule has 6 nitrogen and oxygen atoms in total. The lowest BCUT2D eigenvalue weighted by Crippen LogP contribution is -2.30. The highest BCUT2D eigenvalue weighted by atomic mass is 79.9. The Balaban J connectivity index is 2.23. The minimum Gasteiger partial charge on any atom is -0.235 e. The molecule has 18 heavy (non-hydrogen) atoms. The van der Waals surface area contributed by atoms with Crippen LogP contribution >= 0.6 is 31.9 Å². The second-order valence-electron chi connectivity index (χ2n) is 4.30. The molecule has 1 atom stereocenters. The molecule has 9 heteroatoms. The van der Waals surface area contributed by atoms with Gasteiger partial charge in [0.25, 0.3) is 10.0 Å². The number of aromatic nitrogens is 3. The highest BCUT2D eigenvalue weighted by Crippen LogP contribution is 2.28. The van der Waals surface area contributed by atoms with Gasteiger partial charge in [-0.15, -0.1) is 5.10 Å². The molecule has 1 unspecified atom stereocenters. The minimum absolute atomic E-state index is 0.127. The Labute approximate surface area is 123 Å². The monoisotopic (exact) mass is 400 g/mol. The zero-order valence-corrected chi connectivity index (χ0v) is 13.9. The van der Waals surface area contributed by atoms with Crippen molar-refractivity contribution in [3.63, 3.8) is 0 Å². The van der Waals surface area contributed by atoms with Gasteiger partial charge < -0.3 is 0 Å². The third-order valence-corrected chi connectivity index (χ3v) is 6.30. The van der Waals surface area contributed by atoms with Gasteiger partial charge in [0.2, 0.25) is 5.03 Å². The summed E-state index contributed by atoms with van der Waals surface area (Å²) in [4.78, 5) is 0.